The molecule has 2 atom stereocenters. The van der Waals surface area contributed by atoms with Crippen LogP contribution in [-0.4, -0.2) is 25.8 Å². The van der Waals surface area contributed by atoms with Crippen molar-refractivity contribution in [3.63, 3.8) is 0 Å². The van der Waals surface area contributed by atoms with Crippen molar-refractivity contribution in [2.45, 2.75) is 45.0 Å². The summed E-state index contributed by atoms with van der Waals surface area (Å²) >= 11 is 0. The standard InChI is InChI=1S/C15H22F3NO/c1-4-19-14(9-11(2)20-3)10-12-5-7-13(8-6-12)15(16,17)18/h5-8,11,14,19H,4,9-10H2,1-3H3. The molecule has 1 aromatic rings. The van der Waals surface area contributed by atoms with Crippen molar-refractivity contribution >= 4 is 0 Å². The third kappa shape index (κ3) is 5.51. The van der Waals surface area contributed by atoms with E-state index in [1.54, 1.807) is 19.2 Å². The van der Waals surface area contributed by atoms with Gasteiger partial charge < -0.3 is 10.1 Å². The zero-order chi connectivity index (χ0) is 15.2. The summed E-state index contributed by atoms with van der Waals surface area (Å²) in [5, 5.41) is 3.34. The third-order valence-corrected chi connectivity index (χ3v) is 3.27. The summed E-state index contributed by atoms with van der Waals surface area (Å²) in [5.41, 5.74) is 0.291. The van der Waals surface area contributed by atoms with E-state index in [0.29, 0.717) is 6.42 Å². The highest BCUT2D eigenvalue weighted by Crippen LogP contribution is 2.29. The van der Waals surface area contributed by atoms with Gasteiger partial charge in [-0.1, -0.05) is 19.1 Å². The summed E-state index contributed by atoms with van der Waals surface area (Å²) in [7, 11) is 1.66. The van der Waals surface area contributed by atoms with Crippen molar-refractivity contribution < 1.29 is 17.9 Å². The Morgan fingerprint density at radius 1 is 1.20 bits per heavy atom. The molecule has 0 bridgehead atoms. The van der Waals surface area contributed by atoms with Gasteiger partial charge >= 0.3 is 6.18 Å². The highest BCUT2D eigenvalue weighted by Gasteiger charge is 2.30. The van der Waals surface area contributed by atoms with E-state index in [9.17, 15) is 13.2 Å². The predicted octanol–water partition coefficient (Wildman–Crippen LogP) is 3.65. The monoisotopic (exact) mass is 289 g/mol. The van der Waals surface area contributed by atoms with Crippen molar-refractivity contribution in [2.24, 2.45) is 0 Å². The van der Waals surface area contributed by atoms with Crippen LogP contribution in [0.3, 0.4) is 0 Å². The maximum Gasteiger partial charge on any atom is 0.416 e. The average Bonchev–Trinajstić information content (AvgIpc) is 2.38. The van der Waals surface area contributed by atoms with Crippen LogP contribution in [0.2, 0.25) is 0 Å². The first kappa shape index (κ1) is 17.0. The van der Waals surface area contributed by atoms with Crippen LogP contribution >= 0.6 is 0 Å². The Hall–Kier alpha value is -1.07. The van der Waals surface area contributed by atoms with Crippen molar-refractivity contribution in [3.8, 4) is 0 Å². The van der Waals surface area contributed by atoms with Gasteiger partial charge in [0.2, 0.25) is 0 Å². The molecular weight excluding hydrogens is 267 g/mol. The lowest BCUT2D eigenvalue weighted by Gasteiger charge is -2.21. The summed E-state index contributed by atoms with van der Waals surface area (Å²) in [6.07, 6.45) is -2.64. The summed E-state index contributed by atoms with van der Waals surface area (Å²) < 4.78 is 42.7. The molecule has 0 saturated heterocycles. The van der Waals surface area contributed by atoms with Gasteiger partial charge in [0.1, 0.15) is 0 Å². The van der Waals surface area contributed by atoms with Crippen LogP contribution in [0.1, 0.15) is 31.4 Å². The molecule has 0 fully saturated rings. The van der Waals surface area contributed by atoms with Crippen LogP contribution in [0.5, 0.6) is 0 Å². The van der Waals surface area contributed by atoms with Crippen LogP contribution in [0, 0.1) is 0 Å². The van der Waals surface area contributed by atoms with Crippen LogP contribution in [-0.2, 0) is 17.3 Å². The maximum atomic E-state index is 12.5. The summed E-state index contributed by atoms with van der Waals surface area (Å²) in [4.78, 5) is 0. The van der Waals surface area contributed by atoms with Crippen molar-refractivity contribution in [3.05, 3.63) is 35.4 Å². The summed E-state index contributed by atoms with van der Waals surface area (Å²) in [6.45, 7) is 4.82. The zero-order valence-corrected chi connectivity index (χ0v) is 12.1. The number of nitrogens with one attached hydrogen (secondary N) is 1. The number of methoxy groups -OCH3 is 1. The minimum atomic E-state index is -4.27. The van der Waals surface area contributed by atoms with E-state index in [1.807, 2.05) is 13.8 Å². The molecule has 0 aliphatic carbocycles. The lowest BCUT2D eigenvalue weighted by atomic mass is 10.00. The highest BCUT2D eigenvalue weighted by atomic mass is 19.4. The van der Waals surface area contributed by atoms with Crippen LogP contribution < -0.4 is 5.32 Å². The van der Waals surface area contributed by atoms with Gasteiger partial charge in [-0.05, 0) is 44.0 Å². The van der Waals surface area contributed by atoms with Gasteiger partial charge in [-0.15, -0.1) is 0 Å². The molecule has 5 heteroatoms. The number of ether oxygens (including phenoxy) is 1. The molecule has 1 aromatic carbocycles. The average molecular weight is 289 g/mol. The molecule has 1 N–H and O–H groups in total. The van der Waals surface area contributed by atoms with Crippen molar-refractivity contribution in [2.75, 3.05) is 13.7 Å². The molecule has 0 aromatic heterocycles. The Kier molecular flexibility index (Phi) is 6.49. The molecule has 114 valence electrons. The van der Waals surface area contributed by atoms with E-state index in [1.165, 1.54) is 0 Å². The predicted molar refractivity (Wildman–Crippen MR) is 73.7 cm³/mol. The van der Waals surface area contributed by atoms with Gasteiger partial charge in [-0.3, -0.25) is 0 Å². The Morgan fingerprint density at radius 2 is 1.80 bits per heavy atom. The molecule has 2 unspecified atom stereocenters. The van der Waals surface area contributed by atoms with Crippen LogP contribution in [0.25, 0.3) is 0 Å². The van der Waals surface area contributed by atoms with Crippen molar-refractivity contribution in [1.29, 1.82) is 0 Å². The zero-order valence-electron chi connectivity index (χ0n) is 12.1. The topological polar surface area (TPSA) is 21.3 Å². The second-order valence-electron chi connectivity index (χ2n) is 4.94. The van der Waals surface area contributed by atoms with Gasteiger partial charge in [0.05, 0.1) is 11.7 Å². The molecule has 1 rings (SSSR count). The van der Waals surface area contributed by atoms with E-state index in [2.05, 4.69) is 5.32 Å². The van der Waals surface area contributed by atoms with Crippen molar-refractivity contribution in [1.82, 2.24) is 5.32 Å². The van der Waals surface area contributed by atoms with E-state index >= 15 is 0 Å². The molecular formula is C15H22F3NO. The molecule has 0 heterocycles. The van der Waals surface area contributed by atoms with Gasteiger partial charge in [-0.2, -0.15) is 13.2 Å². The molecule has 0 aliphatic rings. The molecule has 0 amide bonds. The highest BCUT2D eigenvalue weighted by molar-refractivity contribution is 5.25. The number of alkyl halides is 3. The summed E-state index contributed by atoms with van der Waals surface area (Å²) in [5.74, 6) is 0. The third-order valence-electron chi connectivity index (χ3n) is 3.27. The normalized spacial score (nSPS) is 15.1. The summed E-state index contributed by atoms with van der Waals surface area (Å²) in [6, 6.07) is 5.57. The lowest BCUT2D eigenvalue weighted by molar-refractivity contribution is -0.137. The molecule has 0 radical (unpaired) electrons. The number of likely N-dealkylation sites (N-methyl/N-ethyl adjacent to an activating group) is 1. The Balaban J connectivity index is 2.68. The fourth-order valence-electron chi connectivity index (χ4n) is 2.14. The number of hydrogen-bond acceptors (Lipinski definition) is 2. The second kappa shape index (κ2) is 7.64. The Labute approximate surface area is 118 Å². The number of halogens is 3. The molecule has 2 nitrogen and oxygen atoms in total. The molecule has 0 spiro atoms. The van der Waals surface area contributed by atoms with Gasteiger partial charge in [0.15, 0.2) is 0 Å². The largest absolute Gasteiger partial charge is 0.416 e. The fraction of sp³-hybridized carbons (Fsp3) is 0.600. The minimum Gasteiger partial charge on any atom is -0.382 e. The lowest BCUT2D eigenvalue weighted by Crippen LogP contribution is -2.34. The van der Waals surface area contributed by atoms with Gasteiger partial charge in [0.25, 0.3) is 0 Å². The smallest absolute Gasteiger partial charge is 0.382 e. The minimum absolute atomic E-state index is 0.119. The Morgan fingerprint density at radius 3 is 2.25 bits per heavy atom. The fourth-order valence-corrected chi connectivity index (χ4v) is 2.14. The molecule has 0 saturated carbocycles. The molecule has 0 aliphatic heterocycles. The van der Waals surface area contributed by atoms with Crippen LogP contribution in [0.15, 0.2) is 24.3 Å². The molecule has 20 heavy (non-hydrogen) atoms. The maximum absolute atomic E-state index is 12.5. The first-order chi connectivity index (χ1) is 9.36. The quantitative estimate of drug-likeness (QED) is 0.827. The van der Waals surface area contributed by atoms with E-state index in [-0.39, 0.29) is 12.1 Å². The van der Waals surface area contributed by atoms with E-state index in [4.69, 9.17) is 4.74 Å². The van der Waals surface area contributed by atoms with E-state index in [0.717, 1.165) is 30.7 Å². The number of hydrogen-bond donors (Lipinski definition) is 1. The SMILES string of the molecule is CCNC(Cc1ccc(C(F)(F)F)cc1)CC(C)OC. The van der Waals surface area contributed by atoms with E-state index < -0.39 is 11.7 Å². The Bertz CT molecular complexity index is 389. The van der Waals surface area contributed by atoms with Gasteiger partial charge in [-0.25, -0.2) is 0 Å². The van der Waals surface area contributed by atoms with Crippen LogP contribution in [0.4, 0.5) is 13.2 Å². The first-order valence-electron chi connectivity index (χ1n) is 6.79. The number of rotatable bonds is 7. The number of benzene rings is 1. The first-order valence-corrected chi connectivity index (χ1v) is 6.79. The second-order valence-corrected chi connectivity index (χ2v) is 4.94. The van der Waals surface area contributed by atoms with Gasteiger partial charge in [0, 0.05) is 13.2 Å².